The minimum atomic E-state index is -3.42. The summed E-state index contributed by atoms with van der Waals surface area (Å²) in [5, 5.41) is 2.75. The molecule has 1 heterocycles. The Kier molecular flexibility index (Phi) is 5.18. The molecule has 1 amide bonds. The first-order valence-electron chi connectivity index (χ1n) is 6.28. The van der Waals surface area contributed by atoms with Gasteiger partial charge in [-0.3, -0.25) is 4.79 Å². The Balaban J connectivity index is 2.20. The zero-order valence-corrected chi connectivity index (χ0v) is 14.5. The zero-order chi connectivity index (χ0) is 15.5. The Morgan fingerprint density at radius 3 is 2.57 bits per heavy atom. The molecule has 0 radical (unpaired) electrons. The van der Waals surface area contributed by atoms with Gasteiger partial charge in [-0.25, -0.2) is 8.42 Å². The number of hydrogen-bond acceptors (Lipinski definition) is 4. The number of amides is 1. The standard InChI is InChI=1S/C14H14BrNO3S2/c1-2-21(18,19)12-6-4-3-5-11(12)14(17)16-9-10-7-8-13(15)20-10/h3-8H,2,9H2,1H3,(H,16,17). The lowest BCUT2D eigenvalue weighted by Gasteiger charge is -2.09. The van der Waals surface area contributed by atoms with Crippen molar-refractivity contribution < 1.29 is 13.2 Å². The third-order valence-corrected chi connectivity index (χ3v) is 6.31. The minimum Gasteiger partial charge on any atom is -0.347 e. The fraction of sp³-hybridized carbons (Fsp3) is 0.214. The number of rotatable bonds is 5. The third-order valence-electron chi connectivity index (χ3n) is 2.90. The highest BCUT2D eigenvalue weighted by Crippen LogP contribution is 2.22. The predicted molar refractivity (Wildman–Crippen MR) is 87.4 cm³/mol. The van der Waals surface area contributed by atoms with Crippen molar-refractivity contribution in [2.75, 3.05) is 5.75 Å². The number of nitrogens with one attached hydrogen (secondary N) is 1. The first kappa shape index (κ1) is 16.2. The summed E-state index contributed by atoms with van der Waals surface area (Å²) in [6, 6.07) is 10.1. The molecule has 1 aromatic heterocycles. The van der Waals surface area contributed by atoms with Crippen molar-refractivity contribution in [1.82, 2.24) is 5.32 Å². The summed E-state index contributed by atoms with van der Waals surface area (Å²) < 4.78 is 25.0. The summed E-state index contributed by atoms with van der Waals surface area (Å²) in [7, 11) is -3.42. The molecule has 0 atom stereocenters. The Labute approximate surface area is 136 Å². The van der Waals surface area contributed by atoms with E-state index in [0.29, 0.717) is 6.54 Å². The van der Waals surface area contributed by atoms with Crippen molar-refractivity contribution in [3.8, 4) is 0 Å². The van der Waals surface area contributed by atoms with Crippen LogP contribution < -0.4 is 5.32 Å². The van der Waals surface area contributed by atoms with Gasteiger partial charge in [0.05, 0.1) is 26.5 Å². The summed E-state index contributed by atoms with van der Waals surface area (Å²) in [6.07, 6.45) is 0. The molecule has 2 rings (SSSR count). The maximum atomic E-state index is 12.2. The van der Waals surface area contributed by atoms with Crippen LogP contribution in [0.15, 0.2) is 45.1 Å². The summed E-state index contributed by atoms with van der Waals surface area (Å²) in [4.78, 5) is 13.3. The van der Waals surface area contributed by atoms with Crippen LogP contribution in [0, 0.1) is 0 Å². The number of halogens is 1. The number of carbonyl (C=O) groups is 1. The maximum Gasteiger partial charge on any atom is 0.252 e. The lowest BCUT2D eigenvalue weighted by Crippen LogP contribution is -2.24. The Morgan fingerprint density at radius 2 is 1.95 bits per heavy atom. The molecule has 0 aliphatic heterocycles. The summed E-state index contributed by atoms with van der Waals surface area (Å²) >= 11 is 4.88. The normalized spacial score (nSPS) is 11.3. The Hall–Kier alpha value is -1.18. The van der Waals surface area contributed by atoms with Crippen LogP contribution in [-0.4, -0.2) is 20.1 Å². The molecule has 0 unspecified atom stereocenters. The van der Waals surface area contributed by atoms with Crippen molar-refractivity contribution in [2.45, 2.75) is 18.4 Å². The quantitative estimate of drug-likeness (QED) is 0.856. The van der Waals surface area contributed by atoms with Crippen molar-refractivity contribution in [2.24, 2.45) is 0 Å². The molecule has 4 nitrogen and oxygen atoms in total. The van der Waals surface area contributed by atoms with Crippen LogP contribution in [0.4, 0.5) is 0 Å². The van der Waals surface area contributed by atoms with E-state index in [1.165, 1.54) is 23.5 Å². The second kappa shape index (κ2) is 6.72. The van der Waals surface area contributed by atoms with Gasteiger partial charge in [-0.05, 0) is 40.2 Å². The van der Waals surface area contributed by atoms with Crippen LogP contribution in [0.25, 0.3) is 0 Å². The van der Waals surface area contributed by atoms with E-state index in [0.717, 1.165) is 8.66 Å². The molecule has 0 saturated carbocycles. The summed E-state index contributed by atoms with van der Waals surface area (Å²) in [6.45, 7) is 1.93. The van der Waals surface area contributed by atoms with Gasteiger partial charge in [0.15, 0.2) is 9.84 Å². The highest BCUT2D eigenvalue weighted by atomic mass is 79.9. The van der Waals surface area contributed by atoms with Crippen molar-refractivity contribution in [1.29, 1.82) is 0 Å². The molecule has 0 bridgehead atoms. The molecule has 7 heteroatoms. The van der Waals surface area contributed by atoms with Gasteiger partial charge in [0, 0.05) is 4.88 Å². The van der Waals surface area contributed by atoms with E-state index < -0.39 is 9.84 Å². The lowest BCUT2D eigenvalue weighted by atomic mass is 10.2. The highest BCUT2D eigenvalue weighted by Gasteiger charge is 2.20. The van der Waals surface area contributed by atoms with E-state index in [9.17, 15) is 13.2 Å². The SMILES string of the molecule is CCS(=O)(=O)c1ccccc1C(=O)NCc1ccc(Br)s1. The Bertz CT molecular complexity index is 753. The number of carbonyl (C=O) groups excluding carboxylic acids is 1. The topological polar surface area (TPSA) is 63.2 Å². The van der Waals surface area contributed by atoms with Crippen LogP contribution >= 0.6 is 27.3 Å². The number of hydrogen-bond donors (Lipinski definition) is 1. The van der Waals surface area contributed by atoms with Crippen LogP contribution in [0.3, 0.4) is 0 Å². The Morgan fingerprint density at radius 1 is 1.24 bits per heavy atom. The van der Waals surface area contributed by atoms with Crippen LogP contribution in [-0.2, 0) is 16.4 Å². The van der Waals surface area contributed by atoms with Gasteiger partial charge in [-0.1, -0.05) is 19.1 Å². The van der Waals surface area contributed by atoms with Gasteiger partial charge in [-0.2, -0.15) is 0 Å². The maximum absolute atomic E-state index is 12.2. The van der Waals surface area contributed by atoms with E-state index >= 15 is 0 Å². The predicted octanol–water partition coefficient (Wildman–Crippen LogP) is 3.23. The molecular weight excluding hydrogens is 374 g/mol. The first-order valence-corrected chi connectivity index (χ1v) is 9.54. The second-order valence-corrected chi connectivity index (χ2v) is 9.08. The van der Waals surface area contributed by atoms with Gasteiger partial charge in [0.2, 0.25) is 0 Å². The monoisotopic (exact) mass is 387 g/mol. The van der Waals surface area contributed by atoms with Crippen LogP contribution in [0.5, 0.6) is 0 Å². The van der Waals surface area contributed by atoms with E-state index in [4.69, 9.17) is 0 Å². The molecule has 1 N–H and O–H groups in total. The molecule has 112 valence electrons. The van der Waals surface area contributed by atoms with E-state index in [1.807, 2.05) is 12.1 Å². The fourth-order valence-corrected chi connectivity index (χ4v) is 4.31. The van der Waals surface area contributed by atoms with Crippen molar-refractivity contribution in [3.05, 3.63) is 50.6 Å². The van der Waals surface area contributed by atoms with E-state index in [-0.39, 0.29) is 22.1 Å². The van der Waals surface area contributed by atoms with Crippen molar-refractivity contribution in [3.63, 3.8) is 0 Å². The van der Waals surface area contributed by atoms with Crippen LogP contribution in [0.1, 0.15) is 22.2 Å². The number of sulfone groups is 1. The molecule has 1 aromatic carbocycles. The van der Waals surface area contributed by atoms with Gasteiger partial charge in [0.1, 0.15) is 0 Å². The van der Waals surface area contributed by atoms with Crippen molar-refractivity contribution >= 4 is 43.0 Å². The molecule has 0 aliphatic rings. The summed E-state index contributed by atoms with van der Waals surface area (Å²) in [5.41, 5.74) is 0.190. The third kappa shape index (κ3) is 3.93. The lowest BCUT2D eigenvalue weighted by molar-refractivity contribution is 0.0948. The van der Waals surface area contributed by atoms with E-state index in [1.54, 1.807) is 19.1 Å². The molecule has 0 fully saturated rings. The molecule has 0 spiro atoms. The van der Waals surface area contributed by atoms with Gasteiger partial charge < -0.3 is 5.32 Å². The van der Waals surface area contributed by atoms with Gasteiger partial charge in [0.25, 0.3) is 5.91 Å². The number of benzene rings is 1. The summed E-state index contributed by atoms with van der Waals surface area (Å²) in [5.74, 6) is -0.415. The zero-order valence-electron chi connectivity index (χ0n) is 11.3. The fourth-order valence-electron chi connectivity index (χ4n) is 1.79. The largest absolute Gasteiger partial charge is 0.347 e. The average Bonchev–Trinajstić information content (AvgIpc) is 2.90. The second-order valence-electron chi connectivity index (χ2n) is 4.29. The van der Waals surface area contributed by atoms with Gasteiger partial charge >= 0.3 is 0 Å². The smallest absolute Gasteiger partial charge is 0.252 e. The molecular formula is C14H14BrNO3S2. The highest BCUT2D eigenvalue weighted by molar-refractivity contribution is 9.11. The van der Waals surface area contributed by atoms with Gasteiger partial charge in [-0.15, -0.1) is 11.3 Å². The minimum absolute atomic E-state index is 0.0326. The number of thiophene rings is 1. The van der Waals surface area contributed by atoms with E-state index in [2.05, 4.69) is 21.2 Å². The molecule has 21 heavy (non-hydrogen) atoms. The molecule has 0 saturated heterocycles. The molecule has 2 aromatic rings. The average molecular weight is 388 g/mol. The first-order chi connectivity index (χ1) is 9.94. The van der Waals surface area contributed by atoms with Crippen LogP contribution in [0.2, 0.25) is 0 Å². The molecule has 0 aliphatic carbocycles.